The third-order valence-electron chi connectivity index (χ3n) is 1.69. The molecule has 1 unspecified atom stereocenters. The van der Waals surface area contributed by atoms with Gasteiger partial charge in [-0.2, -0.15) is 5.90 Å². The van der Waals surface area contributed by atoms with Crippen molar-refractivity contribution >= 4 is 17.9 Å². The molecule has 0 aromatic rings. The number of nitrogens with zero attached hydrogens (tertiary/aromatic N) is 1. The zero-order chi connectivity index (χ0) is 13.6. The second-order valence-electron chi connectivity index (χ2n) is 3.46. The van der Waals surface area contributed by atoms with E-state index in [1.807, 2.05) is 0 Å². The van der Waals surface area contributed by atoms with Gasteiger partial charge in [0.1, 0.15) is 0 Å². The van der Waals surface area contributed by atoms with Crippen LogP contribution in [0.15, 0.2) is 0 Å². The Balaban J connectivity index is 4.67. The SMILES string of the molecule is CN(C)OC(=O)CC(O)(CC(=O)ON)C(=O)O. The maximum Gasteiger partial charge on any atom is 0.336 e. The van der Waals surface area contributed by atoms with Crippen LogP contribution in [0.3, 0.4) is 0 Å². The number of aliphatic carboxylic acids is 1. The molecular weight excluding hydrogens is 236 g/mol. The lowest BCUT2D eigenvalue weighted by Crippen LogP contribution is -2.44. The number of carbonyl (C=O) groups excluding carboxylic acids is 2. The second kappa shape index (κ2) is 6.13. The van der Waals surface area contributed by atoms with Crippen molar-refractivity contribution in [2.75, 3.05) is 14.1 Å². The number of nitrogens with two attached hydrogens (primary N) is 1. The minimum Gasteiger partial charge on any atom is -0.479 e. The van der Waals surface area contributed by atoms with E-state index in [0.717, 1.165) is 5.06 Å². The van der Waals surface area contributed by atoms with E-state index in [1.54, 1.807) is 0 Å². The third-order valence-corrected chi connectivity index (χ3v) is 1.69. The van der Waals surface area contributed by atoms with E-state index in [1.165, 1.54) is 14.1 Å². The van der Waals surface area contributed by atoms with Gasteiger partial charge in [0.05, 0.1) is 12.8 Å². The van der Waals surface area contributed by atoms with E-state index >= 15 is 0 Å². The van der Waals surface area contributed by atoms with Crippen LogP contribution in [0.4, 0.5) is 0 Å². The molecule has 0 aliphatic rings. The molecule has 0 spiro atoms. The van der Waals surface area contributed by atoms with Crippen LogP contribution in [0.5, 0.6) is 0 Å². The predicted octanol–water partition coefficient (Wildman–Crippen LogP) is -1.98. The average Bonchev–Trinajstić information content (AvgIpc) is 2.15. The highest BCUT2D eigenvalue weighted by molar-refractivity contribution is 5.88. The lowest BCUT2D eigenvalue weighted by Gasteiger charge is -2.21. The first-order valence-electron chi connectivity index (χ1n) is 4.44. The van der Waals surface area contributed by atoms with E-state index in [-0.39, 0.29) is 0 Å². The van der Waals surface area contributed by atoms with Gasteiger partial charge in [0.15, 0.2) is 5.60 Å². The Kier molecular flexibility index (Phi) is 5.51. The van der Waals surface area contributed by atoms with E-state index in [2.05, 4.69) is 15.6 Å². The summed E-state index contributed by atoms with van der Waals surface area (Å²) in [7, 11) is 2.79. The summed E-state index contributed by atoms with van der Waals surface area (Å²) in [5, 5.41) is 19.4. The average molecular weight is 250 g/mol. The van der Waals surface area contributed by atoms with Crippen LogP contribution in [0.25, 0.3) is 0 Å². The molecule has 0 aliphatic heterocycles. The Hall–Kier alpha value is -1.71. The molecule has 0 heterocycles. The van der Waals surface area contributed by atoms with Crippen LogP contribution in [-0.2, 0) is 24.1 Å². The monoisotopic (exact) mass is 250 g/mol. The van der Waals surface area contributed by atoms with Crippen LogP contribution in [-0.4, -0.2) is 52.9 Å². The standard InChI is InChI=1S/C8H14N2O7/c1-10(2)17-6(12)4-8(15,7(13)14)3-5(11)16-9/h15H,3-4,9H2,1-2H3,(H,13,14). The van der Waals surface area contributed by atoms with Crippen molar-refractivity contribution in [2.45, 2.75) is 18.4 Å². The van der Waals surface area contributed by atoms with Gasteiger partial charge in [0.2, 0.25) is 0 Å². The number of hydrogen-bond donors (Lipinski definition) is 3. The predicted molar refractivity (Wildman–Crippen MR) is 51.9 cm³/mol. The molecule has 0 bridgehead atoms. The number of carbonyl (C=O) groups is 3. The zero-order valence-corrected chi connectivity index (χ0v) is 9.37. The fraction of sp³-hybridized carbons (Fsp3) is 0.625. The van der Waals surface area contributed by atoms with Gasteiger partial charge in [-0.3, -0.25) is 9.59 Å². The molecule has 0 rings (SSSR count). The molecule has 0 aliphatic carbocycles. The summed E-state index contributed by atoms with van der Waals surface area (Å²) >= 11 is 0. The number of hydroxylamine groups is 2. The van der Waals surface area contributed by atoms with Crippen LogP contribution in [0, 0.1) is 0 Å². The molecule has 0 saturated carbocycles. The van der Waals surface area contributed by atoms with Gasteiger partial charge < -0.3 is 19.9 Å². The smallest absolute Gasteiger partial charge is 0.336 e. The zero-order valence-electron chi connectivity index (χ0n) is 9.37. The second-order valence-corrected chi connectivity index (χ2v) is 3.46. The number of aliphatic hydroxyl groups is 1. The van der Waals surface area contributed by atoms with E-state index in [4.69, 9.17) is 5.11 Å². The molecule has 0 fully saturated rings. The molecule has 1 atom stereocenters. The molecular formula is C8H14N2O7. The molecule has 0 amide bonds. The maximum atomic E-state index is 11.2. The van der Waals surface area contributed by atoms with Crippen LogP contribution in [0.1, 0.15) is 12.8 Å². The Bertz CT molecular complexity index is 317. The Morgan fingerprint density at radius 2 is 1.71 bits per heavy atom. The van der Waals surface area contributed by atoms with Crippen molar-refractivity contribution in [1.29, 1.82) is 0 Å². The van der Waals surface area contributed by atoms with Crippen molar-refractivity contribution in [1.82, 2.24) is 5.06 Å². The summed E-state index contributed by atoms with van der Waals surface area (Å²) in [6.07, 6.45) is -1.86. The fourth-order valence-corrected chi connectivity index (χ4v) is 0.969. The lowest BCUT2D eigenvalue weighted by atomic mass is 9.96. The summed E-state index contributed by atoms with van der Waals surface area (Å²) in [6.45, 7) is 0. The van der Waals surface area contributed by atoms with Crippen LogP contribution in [0.2, 0.25) is 0 Å². The molecule has 17 heavy (non-hydrogen) atoms. The molecule has 4 N–H and O–H groups in total. The van der Waals surface area contributed by atoms with Crippen molar-refractivity contribution < 1.29 is 34.3 Å². The Morgan fingerprint density at radius 3 is 2.06 bits per heavy atom. The molecule has 0 radical (unpaired) electrons. The lowest BCUT2D eigenvalue weighted by molar-refractivity contribution is -0.189. The summed E-state index contributed by atoms with van der Waals surface area (Å²) < 4.78 is 0. The summed E-state index contributed by atoms with van der Waals surface area (Å²) in [5.41, 5.74) is -2.61. The van der Waals surface area contributed by atoms with Gasteiger partial charge in [-0.15, -0.1) is 5.06 Å². The molecule has 98 valence electrons. The molecule has 0 aromatic heterocycles. The quantitative estimate of drug-likeness (QED) is 0.457. The number of hydrogen-bond acceptors (Lipinski definition) is 8. The summed E-state index contributed by atoms with van der Waals surface area (Å²) in [6, 6.07) is 0. The third kappa shape index (κ3) is 5.24. The van der Waals surface area contributed by atoms with E-state index < -0.39 is 36.4 Å². The number of carboxylic acids is 1. The maximum absolute atomic E-state index is 11.2. The first-order valence-corrected chi connectivity index (χ1v) is 4.44. The summed E-state index contributed by atoms with van der Waals surface area (Å²) in [4.78, 5) is 41.0. The van der Waals surface area contributed by atoms with Crippen molar-refractivity contribution in [3.8, 4) is 0 Å². The van der Waals surface area contributed by atoms with Gasteiger partial charge in [-0.05, 0) is 0 Å². The minimum absolute atomic E-state index is 0.907. The van der Waals surface area contributed by atoms with Gasteiger partial charge in [-0.1, -0.05) is 0 Å². The van der Waals surface area contributed by atoms with Gasteiger partial charge >= 0.3 is 17.9 Å². The Morgan fingerprint density at radius 1 is 1.24 bits per heavy atom. The summed E-state index contributed by atoms with van der Waals surface area (Å²) in [5.74, 6) is 0.592. The van der Waals surface area contributed by atoms with E-state index in [0.29, 0.717) is 0 Å². The fourth-order valence-electron chi connectivity index (χ4n) is 0.969. The first kappa shape index (κ1) is 15.3. The van der Waals surface area contributed by atoms with Gasteiger partial charge in [-0.25, -0.2) is 4.79 Å². The first-order chi connectivity index (χ1) is 7.71. The Labute approximate surface area is 96.6 Å². The van der Waals surface area contributed by atoms with Crippen molar-refractivity contribution in [3.05, 3.63) is 0 Å². The topological polar surface area (TPSA) is 139 Å². The number of carboxylic acid groups (broad SMARTS) is 1. The largest absolute Gasteiger partial charge is 0.479 e. The highest BCUT2D eigenvalue weighted by atomic mass is 16.7. The molecule has 9 nitrogen and oxygen atoms in total. The number of rotatable bonds is 6. The highest BCUT2D eigenvalue weighted by Crippen LogP contribution is 2.17. The van der Waals surface area contributed by atoms with Crippen molar-refractivity contribution in [2.24, 2.45) is 5.90 Å². The normalized spacial score (nSPS) is 13.9. The minimum atomic E-state index is -2.61. The van der Waals surface area contributed by atoms with Gasteiger partial charge in [0.25, 0.3) is 0 Å². The molecule has 9 heteroatoms. The van der Waals surface area contributed by atoms with E-state index in [9.17, 15) is 19.5 Å². The van der Waals surface area contributed by atoms with Gasteiger partial charge in [0, 0.05) is 14.1 Å². The molecule has 0 aromatic carbocycles. The molecule has 0 saturated heterocycles. The van der Waals surface area contributed by atoms with Crippen LogP contribution < -0.4 is 5.90 Å². The highest BCUT2D eigenvalue weighted by Gasteiger charge is 2.42. The van der Waals surface area contributed by atoms with Crippen LogP contribution >= 0.6 is 0 Å². The van der Waals surface area contributed by atoms with Crippen molar-refractivity contribution in [3.63, 3.8) is 0 Å².